The van der Waals surface area contributed by atoms with Crippen molar-refractivity contribution in [1.29, 1.82) is 0 Å². The minimum Gasteiger partial charge on any atom is -0.446 e. The van der Waals surface area contributed by atoms with Gasteiger partial charge in [0.15, 0.2) is 6.40 Å². The molecule has 0 aliphatic carbocycles. The zero-order chi connectivity index (χ0) is 14.4. The average Bonchev–Trinajstić information content (AvgIpc) is 2.44. The van der Waals surface area contributed by atoms with Crippen LogP contribution in [-0.4, -0.2) is 13.4 Å². The summed E-state index contributed by atoms with van der Waals surface area (Å²) in [6.07, 6.45) is 1.24. The molecule has 0 amide bonds. The van der Waals surface area contributed by atoms with Crippen LogP contribution < -0.4 is 10.2 Å². The lowest BCUT2D eigenvalue weighted by atomic mass is 9.80. The number of hydrogen-bond acceptors (Lipinski definition) is 2. The first-order valence-corrected chi connectivity index (χ1v) is 6.04. The SMILES string of the molecule is F[B-](F)(F)c1ccc(OC=NCc2ccccc2)cc1. The van der Waals surface area contributed by atoms with E-state index < -0.39 is 12.4 Å². The van der Waals surface area contributed by atoms with Crippen molar-refractivity contribution in [3.8, 4) is 5.75 Å². The minimum atomic E-state index is -4.96. The second-order valence-corrected chi connectivity index (χ2v) is 4.19. The Hall–Kier alpha value is -2.24. The van der Waals surface area contributed by atoms with Gasteiger partial charge in [-0.15, -0.1) is 5.46 Å². The monoisotopic (exact) mass is 278 g/mol. The molecule has 0 saturated heterocycles. The number of benzene rings is 2. The highest BCUT2D eigenvalue weighted by Gasteiger charge is 2.24. The van der Waals surface area contributed by atoms with Crippen LogP contribution in [0.4, 0.5) is 12.9 Å². The van der Waals surface area contributed by atoms with Crippen LogP contribution in [0.5, 0.6) is 5.75 Å². The predicted molar refractivity (Wildman–Crippen MR) is 74.4 cm³/mol. The molecule has 0 heterocycles. The molecule has 2 nitrogen and oxygen atoms in total. The Morgan fingerprint density at radius 2 is 1.60 bits per heavy atom. The van der Waals surface area contributed by atoms with E-state index in [-0.39, 0.29) is 0 Å². The van der Waals surface area contributed by atoms with Crippen molar-refractivity contribution in [2.24, 2.45) is 4.99 Å². The first-order chi connectivity index (χ1) is 9.55. The quantitative estimate of drug-likeness (QED) is 0.467. The average molecular weight is 278 g/mol. The van der Waals surface area contributed by atoms with E-state index in [2.05, 4.69) is 4.99 Å². The van der Waals surface area contributed by atoms with Gasteiger partial charge in [0.1, 0.15) is 5.75 Å². The topological polar surface area (TPSA) is 21.6 Å². The molecule has 0 aromatic heterocycles. The van der Waals surface area contributed by atoms with Gasteiger partial charge in [0, 0.05) is 0 Å². The number of rotatable bonds is 5. The maximum Gasteiger partial charge on any atom is 0.509 e. The normalized spacial score (nSPS) is 11.8. The molecule has 104 valence electrons. The summed E-state index contributed by atoms with van der Waals surface area (Å²) in [6, 6.07) is 14.1. The molecule has 0 saturated carbocycles. The molecule has 0 bridgehead atoms. The fourth-order valence-corrected chi connectivity index (χ4v) is 1.59. The lowest BCUT2D eigenvalue weighted by Crippen LogP contribution is -2.33. The molecule has 2 aromatic rings. The van der Waals surface area contributed by atoms with Gasteiger partial charge < -0.3 is 17.7 Å². The fraction of sp³-hybridized carbons (Fsp3) is 0.0714. The van der Waals surface area contributed by atoms with Crippen molar-refractivity contribution < 1.29 is 17.7 Å². The molecule has 0 N–H and O–H groups in total. The summed E-state index contributed by atoms with van der Waals surface area (Å²) in [4.78, 5) is 4.04. The van der Waals surface area contributed by atoms with Gasteiger partial charge in [-0.25, -0.2) is 0 Å². The second-order valence-electron chi connectivity index (χ2n) is 4.19. The highest BCUT2D eigenvalue weighted by molar-refractivity contribution is 6.73. The van der Waals surface area contributed by atoms with Gasteiger partial charge in [0.2, 0.25) is 0 Å². The van der Waals surface area contributed by atoms with Crippen LogP contribution >= 0.6 is 0 Å². The van der Waals surface area contributed by atoms with Gasteiger partial charge >= 0.3 is 6.98 Å². The van der Waals surface area contributed by atoms with Crippen LogP contribution in [0, 0.1) is 0 Å². The van der Waals surface area contributed by atoms with E-state index in [1.54, 1.807) is 0 Å². The van der Waals surface area contributed by atoms with Crippen molar-refractivity contribution in [3.05, 3.63) is 60.2 Å². The molecular weight excluding hydrogens is 266 g/mol. The Morgan fingerprint density at radius 1 is 0.950 bits per heavy atom. The summed E-state index contributed by atoms with van der Waals surface area (Å²) in [5, 5.41) is 0. The van der Waals surface area contributed by atoms with Crippen LogP contribution in [0.3, 0.4) is 0 Å². The summed E-state index contributed by atoms with van der Waals surface area (Å²) in [6.45, 7) is -4.50. The number of aliphatic imine (C=N–C) groups is 1. The molecule has 0 aliphatic heterocycles. The lowest BCUT2D eigenvalue weighted by molar-refractivity contribution is 0.501. The molecule has 0 fully saturated rings. The number of nitrogens with zero attached hydrogens (tertiary/aromatic N) is 1. The molecule has 0 radical (unpaired) electrons. The zero-order valence-electron chi connectivity index (χ0n) is 10.5. The van der Waals surface area contributed by atoms with E-state index in [1.807, 2.05) is 30.3 Å². The van der Waals surface area contributed by atoms with Crippen molar-refractivity contribution in [2.45, 2.75) is 6.54 Å². The third-order valence-electron chi connectivity index (χ3n) is 2.64. The van der Waals surface area contributed by atoms with E-state index in [1.165, 1.54) is 18.5 Å². The second kappa shape index (κ2) is 6.28. The molecule has 0 spiro atoms. The predicted octanol–water partition coefficient (Wildman–Crippen LogP) is 3.35. The van der Waals surface area contributed by atoms with Gasteiger partial charge in [-0.05, 0) is 17.7 Å². The Kier molecular flexibility index (Phi) is 4.45. The van der Waals surface area contributed by atoms with Gasteiger partial charge in [-0.3, -0.25) is 4.99 Å². The lowest BCUT2D eigenvalue weighted by Gasteiger charge is -2.14. The number of ether oxygens (including phenoxy) is 1. The Bertz CT molecular complexity index is 567. The smallest absolute Gasteiger partial charge is 0.446 e. The summed E-state index contributed by atoms with van der Waals surface area (Å²) >= 11 is 0. The van der Waals surface area contributed by atoms with E-state index in [0.29, 0.717) is 12.3 Å². The van der Waals surface area contributed by atoms with E-state index >= 15 is 0 Å². The first-order valence-electron chi connectivity index (χ1n) is 6.04. The van der Waals surface area contributed by atoms with Crippen LogP contribution in [0.25, 0.3) is 0 Å². The molecule has 0 aliphatic rings. The third-order valence-corrected chi connectivity index (χ3v) is 2.64. The van der Waals surface area contributed by atoms with Crippen LogP contribution in [0.2, 0.25) is 0 Å². The Morgan fingerprint density at radius 3 is 2.20 bits per heavy atom. The molecule has 0 atom stereocenters. The van der Waals surface area contributed by atoms with Gasteiger partial charge in [0.05, 0.1) is 6.54 Å². The van der Waals surface area contributed by atoms with Crippen molar-refractivity contribution in [2.75, 3.05) is 0 Å². The fourth-order valence-electron chi connectivity index (χ4n) is 1.59. The summed E-state index contributed by atoms with van der Waals surface area (Å²) in [7, 11) is 0. The maximum atomic E-state index is 12.4. The van der Waals surface area contributed by atoms with Crippen molar-refractivity contribution >= 4 is 18.8 Å². The van der Waals surface area contributed by atoms with Gasteiger partial charge in [-0.1, -0.05) is 42.5 Å². The summed E-state index contributed by atoms with van der Waals surface area (Å²) < 4.78 is 42.4. The molecule has 2 aromatic carbocycles. The minimum absolute atomic E-state index is 0.325. The van der Waals surface area contributed by atoms with Crippen molar-refractivity contribution in [3.63, 3.8) is 0 Å². The number of halogens is 3. The first kappa shape index (κ1) is 14.2. The van der Waals surface area contributed by atoms with E-state index in [4.69, 9.17) is 4.74 Å². The van der Waals surface area contributed by atoms with Crippen LogP contribution in [0.15, 0.2) is 59.6 Å². The summed E-state index contributed by atoms with van der Waals surface area (Å²) in [5.41, 5.74) is 0.390. The van der Waals surface area contributed by atoms with Crippen molar-refractivity contribution in [1.82, 2.24) is 0 Å². The standard InChI is InChI=1S/C14H12BF3NO/c16-15(17,18)13-6-8-14(9-7-13)20-11-19-10-12-4-2-1-3-5-12/h1-9,11H,10H2/q-1. The molecular formula is C14H12BF3NO-. The molecule has 6 heteroatoms. The van der Waals surface area contributed by atoms with E-state index in [9.17, 15) is 12.9 Å². The number of hydrogen-bond donors (Lipinski definition) is 0. The van der Waals surface area contributed by atoms with Crippen LogP contribution in [0.1, 0.15) is 5.56 Å². The zero-order valence-corrected chi connectivity index (χ0v) is 10.5. The highest BCUT2D eigenvalue weighted by Crippen LogP contribution is 2.13. The van der Waals surface area contributed by atoms with Gasteiger partial charge in [-0.2, -0.15) is 0 Å². The molecule has 2 rings (SSSR count). The molecule has 20 heavy (non-hydrogen) atoms. The molecule has 0 unspecified atom stereocenters. The van der Waals surface area contributed by atoms with E-state index in [0.717, 1.165) is 17.7 Å². The Balaban J connectivity index is 1.88. The third kappa shape index (κ3) is 4.15. The van der Waals surface area contributed by atoms with Crippen LogP contribution in [-0.2, 0) is 6.54 Å². The van der Waals surface area contributed by atoms with Gasteiger partial charge in [0.25, 0.3) is 0 Å². The highest BCUT2D eigenvalue weighted by atomic mass is 19.4. The maximum absolute atomic E-state index is 12.4. The largest absolute Gasteiger partial charge is 0.509 e. The summed E-state index contributed by atoms with van der Waals surface area (Å²) in [5.74, 6) is 0.325. The Labute approximate surface area is 115 Å².